The third-order valence-electron chi connectivity index (χ3n) is 3.65. The first-order valence-electron chi connectivity index (χ1n) is 7.53. The zero-order chi connectivity index (χ0) is 15.4. The molecule has 0 bridgehead atoms. The van der Waals surface area contributed by atoms with Crippen molar-refractivity contribution in [2.45, 2.75) is 26.2 Å². The molecular formula is C18H21NO3. The SMILES string of the molecule is Cc1ccc(COc2ccc(C3OCCCO3)cc2N)cc1. The van der Waals surface area contributed by atoms with Gasteiger partial charge in [-0.2, -0.15) is 0 Å². The standard InChI is InChI=1S/C18H21NO3/c1-13-3-5-14(6-4-13)12-22-17-8-7-15(11-16(17)19)18-20-9-2-10-21-18/h3-8,11,18H,2,9-10,12,19H2,1H3. The van der Waals surface area contributed by atoms with Gasteiger partial charge < -0.3 is 19.9 Å². The summed E-state index contributed by atoms with van der Waals surface area (Å²) in [6.07, 6.45) is 0.617. The fourth-order valence-electron chi connectivity index (χ4n) is 2.37. The quantitative estimate of drug-likeness (QED) is 0.877. The Labute approximate surface area is 130 Å². The van der Waals surface area contributed by atoms with Gasteiger partial charge in [-0.15, -0.1) is 0 Å². The molecular weight excluding hydrogens is 278 g/mol. The highest BCUT2D eigenvalue weighted by molar-refractivity contribution is 5.54. The van der Waals surface area contributed by atoms with Gasteiger partial charge in [0.1, 0.15) is 12.4 Å². The van der Waals surface area contributed by atoms with Gasteiger partial charge in [0.05, 0.1) is 18.9 Å². The molecule has 116 valence electrons. The van der Waals surface area contributed by atoms with Crippen molar-refractivity contribution < 1.29 is 14.2 Å². The van der Waals surface area contributed by atoms with Crippen LogP contribution in [-0.4, -0.2) is 13.2 Å². The van der Waals surface area contributed by atoms with Gasteiger partial charge in [0, 0.05) is 5.56 Å². The molecule has 0 amide bonds. The summed E-state index contributed by atoms with van der Waals surface area (Å²) in [6, 6.07) is 13.9. The maximum atomic E-state index is 6.08. The number of nitrogen functional groups attached to an aromatic ring is 1. The number of hydrogen-bond acceptors (Lipinski definition) is 4. The smallest absolute Gasteiger partial charge is 0.183 e. The zero-order valence-electron chi connectivity index (χ0n) is 12.7. The molecule has 4 heteroatoms. The summed E-state index contributed by atoms with van der Waals surface area (Å²) in [5.41, 5.74) is 9.96. The van der Waals surface area contributed by atoms with Crippen molar-refractivity contribution >= 4 is 5.69 Å². The van der Waals surface area contributed by atoms with E-state index in [1.54, 1.807) is 0 Å². The van der Waals surface area contributed by atoms with Crippen molar-refractivity contribution in [2.75, 3.05) is 18.9 Å². The van der Waals surface area contributed by atoms with Crippen LogP contribution in [0.5, 0.6) is 5.75 Å². The summed E-state index contributed by atoms with van der Waals surface area (Å²) in [7, 11) is 0. The molecule has 1 aliphatic rings. The molecule has 0 unspecified atom stereocenters. The number of benzene rings is 2. The molecule has 1 saturated heterocycles. The number of nitrogens with two attached hydrogens (primary N) is 1. The number of anilines is 1. The lowest BCUT2D eigenvalue weighted by Gasteiger charge is -2.24. The maximum Gasteiger partial charge on any atom is 0.183 e. The monoisotopic (exact) mass is 299 g/mol. The summed E-state index contributed by atoms with van der Waals surface area (Å²) < 4.78 is 17.0. The normalized spacial score (nSPS) is 15.7. The Hall–Kier alpha value is -2.04. The molecule has 0 spiro atoms. The molecule has 0 atom stereocenters. The fraction of sp³-hybridized carbons (Fsp3) is 0.333. The average molecular weight is 299 g/mol. The van der Waals surface area contributed by atoms with Crippen LogP contribution in [0.1, 0.15) is 29.4 Å². The van der Waals surface area contributed by atoms with Crippen LogP contribution in [-0.2, 0) is 16.1 Å². The van der Waals surface area contributed by atoms with Crippen LogP contribution in [0.2, 0.25) is 0 Å². The molecule has 2 N–H and O–H groups in total. The Morgan fingerprint density at radius 3 is 2.50 bits per heavy atom. The maximum absolute atomic E-state index is 6.08. The van der Waals surface area contributed by atoms with Crippen LogP contribution in [0, 0.1) is 6.92 Å². The largest absolute Gasteiger partial charge is 0.487 e. The Bertz CT molecular complexity index is 619. The second-order valence-electron chi connectivity index (χ2n) is 5.50. The molecule has 1 heterocycles. The van der Waals surface area contributed by atoms with Gasteiger partial charge in [-0.1, -0.05) is 35.9 Å². The van der Waals surface area contributed by atoms with Crippen molar-refractivity contribution in [3.63, 3.8) is 0 Å². The van der Waals surface area contributed by atoms with E-state index in [1.807, 2.05) is 18.2 Å². The fourth-order valence-corrected chi connectivity index (χ4v) is 2.37. The van der Waals surface area contributed by atoms with Gasteiger partial charge in [-0.05, 0) is 31.0 Å². The third-order valence-corrected chi connectivity index (χ3v) is 3.65. The minimum atomic E-state index is -0.317. The van der Waals surface area contributed by atoms with Crippen LogP contribution in [0.25, 0.3) is 0 Å². The minimum Gasteiger partial charge on any atom is -0.487 e. The van der Waals surface area contributed by atoms with Crippen molar-refractivity contribution in [2.24, 2.45) is 0 Å². The lowest BCUT2D eigenvalue weighted by molar-refractivity contribution is -0.183. The van der Waals surface area contributed by atoms with Crippen molar-refractivity contribution in [1.29, 1.82) is 0 Å². The van der Waals surface area contributed by atoms with Gasteiger partial charge in [0.15, 0.2) is 6.29 Å². The van der Waals surface area contributed by atoms with Gasteiger partial charge in [-0.25, -0.2) is 0 Å². The molecule has 22 heavy (non-hydrogen) atoms. The second kappa shape index (κ2) is 6.81. The third kappa shape index (κ3) is 3.59. The first-order chi connectivity index (χ1) is 10.7. The highest BCUT2D eigenvalue weighted by Crippen LogP contribution is 2.29. The molecule has 2 aromatic carbocycles. The molecule has 1 fully saturated rings. The Morgan fingerprint density at radius 2 is 1.82 bits per heavy atom. The van der Waals surface area contributed by atoms with Crippen molar-refractivity contribution in [3.8, 4) is 5.75 Å². The Kier molecular flexibility index (Phi) is 4.61. The zero-order valence-corrected chi connectivity index (χ0v) is 12.7. The first kappa shape index (κ1) is 14.9. The number of aryl methyl sites for hydroxylation is 1. The van der Waals surface area contributed by atoms with Crippen molar-refractivity contribution in [1.82, 2.24) is 0 Å². The van der Waals surface area contributed by atoms with Crippen LogP contribution >= 0.6 is 0 Å². The topological polar surface area (TPSA) is 53.7 Å². The molecule has 4 nitrogen and oxygen atoms in total. The van der Waals surface area contributed by atoms with Crippen LogP contribution < -0.4 is 10.5 Å². The molecule has 0 saturated carbocycles. The van der Waals surface area contributed by atoms with E-state index in [2.05, 4.69) is 31.2 Å². The van der Waals surface area contributed by atoms with Gasteiger partial charge in [-0.3, -0.25) is 0 Å². The van der Waals surface area contributed by atoms with E-state index in [0.29, 0.717) is 18.0 Å². The highest BCUT2D eigenvalue weighted by atomic mass is 16.7. The summed E-state index contributed by atoms with van der Waals surface area (Å²) >= 11 is 0. The van der Waals surface area contributed by atoms with Crippen LogP contribution in [0.3, 0.4) is 0 Å². The van der Waals surface area contributed by atoms with E-state index in [9.17, 15) is 0 Å². The second-order valence-corrected chi connectivity index (χ2v) is 5.50. The van der Waals surface area contributed by atoms with E-state index in [-0.39, 0.29) is 6.29 Å². The van der Waals surface area contributed by atoms with E-state index in [4.69, 9.17) is 19.9 Å². The van der Waals surface area contributed by atoms with Crippen molar-refractivity contribution in [3.05, 3.63) is 59.2 Å². The van der Waals surface area contributed by atoms with Gasteiger partial charge in [0.2, 0.25) is 0 Å². The lowest BCUT2D eigenvalue weighted by Crippen LogP contribution is -2.17. The molecule has 3 rings (SSSR count). The minimum absolute atomic E-state index is 0.317. The predicted octanol–water partition coefficient (Wildman–Crippen LogP) is 3.59. The molecule has 0 aromatic heterocycles. The Balaban J connectivity index is 1.65. The summed E-state index contributed by atoms with van der Waals surface area (Å²) in [5, 5.41) is 0. The van der Waals surface area contributed by atoms with Gasteiger partial charge >= 0.3 is 0 Å². The number of rotatable bonds is 4. The highest BCUT2D eigenvalue weighted by Gasteiger charge is 2.17. The van der Waals surface area contributed by atoms with E-state index in [1.165, 1.54) is 5.56 Å². The van der Waals surface area contributed by atoms with E-state index < -0.39 is 0 Å². The molecule has 1 aliphatic heterocycles. The number of hydrogen-bond donors (Lipinski definition) is 1. The summed E-state index contributed by atoms with van der Waals surface area (Å²) in [6.45, 7) is 4.00. The first-order valence-corrected chi connectivity index (χ1v) is 7.53. The predicted molar refractivity (Wildman–Crippen MR) is 85.6 cm³/mol. The Morgan fingerprint density at radius 1 is 1.09 bits per heavy atom. The van der Waals surface area contributed by atoms with Crippen LogP contribution in [0.4, 0.5) is 5.69 Å². The summed E-state index contributed by atoms with van der Waals surface area (Å²) in [4.78, 5) is 0. The van der Waals surface area contributed by atoms with Gasteiger partial charge in [0.25, 0.3) is 0 Å². The molecule has 0 aliphatic carbocycles. The van der Waals surface area contributed by atoms with E-state index in [0.717, 1.165) is 30.8 Å². The van der Waals surface area contributed by atoms with E-state index >= 15 is 0 Å². The summed E-state index contributed by atoms with van der Waals surface area (Å²) in [5.74, 6) is 0.681. The lowest BCUT2D eigenvalue weighted by atomic mass is 10.1. The molecule has 2 aromatic rings. The van der Waals surface area contributed by atoms with Crippen LogP contribution in [0.15, 0.2) is 42.5 Å². The molecule has 0 radical (unpaired) electrons. The number of ether oxygens (including phenoxy) is 3. The average Bonchev–Trinajstić information content (AvgIpc) is 2.56.